The van der Waals surface area contributed by atoms with Gasteiger partial charge in [0.1, 0.15) is 0 Å². The standard InChI is InChI=1S/C21H21F3N2O4.C20H20F3N3O4/c1-29-19(27)16-7-5-15(6-8-16)14-26(20(28)25-9-11-30-12-10-25)18-4-2-3-17(13-18)21(22,23)24;21-20(22,23)16-2-1-3-17(12-16)26(19(28)25-8-10-30-11-9-25)13-14-4-6-15(7-5-14)18(27)24-29/h2-8,13H,9-12,14H2,1H3;1-7,12,29H,8-11,13H2,(H,24,27). The van der Waals surface area contributed by atoms with Crippen LogP contribution in [0, 0.1) is 0 Å². The average Bonchev–Trinajstić information content (AvgIpc) is 3.27. The summed E-state index contributed by atoms with van der Waals surface area (Å²) in [7, 11) is 1.27. The molecular weight excluding hydrogens is 804 g/mol. The summed E-state index contributed by atoms with van der Waals surface area (Å²) in [5.41, 5.74) is 1.88. The first kappa shape index (κ1) is 44.9. The summed E-state index contributed by atoms with van der Waals surface area (Å²) in [5, 5.41) is 8.70. The molecule has 2 aliphatic heterocycles. The maximum absolute atomic E-state index is 13.2. The summed E-state index contributed by atoms with van der Waals surface area (Å²) >= 11 is 0. The number of rotatable bonds is 8. The Kier molecular flexibility index (Phi) is 15.1. The largest absolute Gasteiger partial charge is 0.465 e. The number of halogens is 6. The Labute approximate surface area is 340 Å². The number of alkyl halides is 6. The molecule has 0 aromatic heterocycles. The molecule has 0 spiro atoms. The number of hydrogen-bond donors (Lipinski definition) is 2. The normalized spacial score (nSPS) is 14.3. The molecule has 320 valence electrons. The van der Waals surface area contributed by atoms with E-state index in [-0.39, 0.29) is 30.0 Å². The van der Waals surface area contributed by atoms with E-state index >= 15 is 0 Å². The van der Waals surface area contributed by atoms with Crippen molar-refractivity contribution in [3.63, 3.8) is 0 Å². The van der Waals surface area contributed by atoms with Crippen LogP contribution in [0.5, 0.6) is 0 Å². The molecule has 0 aliphatic carbocycles. The van der Waals surface area contributed by atoms with Gasteiger partial charge in [-0.3, -0.25) is 19.8 Å². The van der Waals surface area contributed by atoms with Crippen LogP contribution in [0.25, 0.3) is 0 Å². The van der Waals surface area contributed by atoms with Crippen LogP contribution in [0.4, 0.5) is 47.3 Å². The molecule has 5 amide bonds. The van der Waals surface area contributed by atoms with Crippen LogP contribution in [0.15, 0.2) is 97.1 Å². The number of benzene rings is 4. The molecule has 2 fully saturated rings. The second-order valence-corrected chi connectivity index (χ2v) is 13.4. The highest BCUT2D eigenvalue weighted by Gasteiger charge is 2.34. The molecule has 2 heterocycles. The summed E-state index contributed by atoms with van der Waals surface area (Å²) in [4.78, 5) is 54.9. The number of nitrogens with zero attached hydrogens (tertiary/aromatic N) is 4. The zero-order valence-corrected chi connectivity index (χ0v) is 32.2. The van der Waals surface area contributed by atoms with Crippen molar-refractivity contribution < 1.29 is 64.9 Å². The molecule has 60 heavy (non-hydrogen) atoms. The van der Waals surface area contributed by atoms with Gasteiger partial charge in [0, 0.05) is 43.1 Å². The molecule has 13 nitrogen and oxygen atoms in total. The van der Waals surface area contributed by atoms with Crippen LogP contribution in [0.1, 0.15) is 43.0 Å². The minimum Gasteiger partial charge on any atom is -0.465 e. The Morgan fingerprint density at radius 2 is 1.02 bits per heavy atom. The van der Waals surface area contributed by atoms with Gasteiger partial charge in [-0.05, 0) is 71.8 Å². The average molecular weight is 846 g/mol. The van der Waals surface area contributed by atoms with Crippen molar-refractivity contribution in [2.75, 3.05) is 69.5 Å². The summed E-state index contributed by atoms with van der Waals surface area (Å²) in [6.45, 7) is 2.88. The first-order valence-electron chi connectivity index (χ1n) is 18.4. The van der Waals surface area contributed by atoms with E-state index < -0.39 is 47.4 Å². The minimum atomic E-state index is -4.54. The summed E-state index contributed by atoms with van der Waals surface area (Å²) < 4.78 is 94.3. The molecule has 2 aliphatic rings. The van der Waals surface area contributed by atoms with Gasteiger partial charge < -0.3 is 24.0 Å². The lowest BCUT2D eigenvalue weighted by Gasteiger charge is -2.33. The third-order valence-electron chi connectivity index (χ3n) is 9.37. The first-order chi connectivity index (χ1) is 28.6. The Bertz CT molecular complexity index is 1940. The fourth-order valence-electron chi connectivity index (χ4n) is 6.14. The monoisotopic (exact) mass is 845 g/mol. The van der Waals surface area contributed by atoms with Gasteiger partial charge in [-0.25, -0.2) is 19.9 Å². The molecule has 19 heteroatoms. The quantitative estimate of drug-likeness (QED) is 0.0820. The number of urea groups is 2. The molecule has 6 rings (SSSR count). The number of amides is 5. The molecular formula is C41H41F6N5O8. The van der Waals surface area contributed by atoms with Crippen LogP contribution in [0.3, 0.4) is 0 Å². The van der Waals surface area contributed by atoms with Crippen LogP contribution >= 0.6 is 0 Å². The Morgan fingerprint density at radius 1 is 0.633 bits per heavy atom. The highest BCUT2D eigenvalue weighted by atomic mass is 19.4. The van der Waals surface area contributed by atoms with Gasteiger partial charge in [-0.1, -0.05) is 36.4 Å². The Balaban J connectivity index is 0.000000228. The van der Waals surface area contributed by atoms with Crippen molar-refractivity contribution >= 4 is 35.3 Å². The number of anilines is 2. The van der Waals surface area contributed by atoms with Crippen LogP contribution < -0.4 is 15.3 Å². The maximum atomic E-state index is 13.2. The Hall–Kier alpha value is -6.18. The van der Waals surface area contributed by atoms with Crippen molar-refractivity contribution in [3.05, 3.63) is 130 Å². The summed E-state index contributed by atoms with van der Waals surface area (Å²) in [5.74, 6) is -1.19. The van der Waals surface area contributed by atoms with Crippen LogP contribution in [-0.4, -0.2) is 98.7 Å². The second-order valence-electron chi connectivity index (χ2n) is 13.4. The third kappa shape index (κ3) is 12.0. The summed E-state index contributed by atoms with van der Waals surface area (Å²) in [6.07, 6.45) is -9.06. The van der Waals surface area contributed by atoms with Crippen molar-refractivity contribution in [1.82, 2.24) is 15.3 Å². The molecule has 0 atom stereocenters. The number of ether oxygens (including phenoxy) is 3. The molecule has 0 unspecified atom stereocenters. The first-order valence-corrected chi connectivity index (χ1v) is 18.4. The predicted octanol–water partition coefficient (Wildman–Crippen LogP) is 7.23. The van der Waals surface area contributed by atoms with Gasteiger partial charge >= 0.3 is 30.4 Å². The highest BCUT2D eigenvalue weighted by molar-refractivity contribution is 5.94. The van der Waals surface area contributed by atoms with Gasteiger partial charge in [0.25, 0.3) is 5.91 Å². The van der Waals surface area contributed by atoms with Gasteiger partial charge in [0.2, 0.25) is 0 Å². The fraction of sp³-hybridized carbons (Fsp3) is 0.317. The number of hydrogen-bond acceptors (Lipinski definition) is 8. The fourth-order valence-corrected chi connectivity index (χ4v) is 6.14. The molecule has 4 aromatic carbocycles. The third-order valence-corrected chi connectivity index (χ3v) is 9.37. The number of methoxy groups -OCH3 is 1. The maximum Gasteiger partial charge on any atom is 0.416 e. The lowest BCUT2D eigenvalue weighted by atomic mass is 10.1. The van der Waals surface area contributed by atoms with Gasteiger partial charge in [-0.15, -0.1) is 0 Å². The molecule has 0 radical (unpaired) electrons. The van der Waals surface area contributed by atoms with E-state index in [2.05, 4.69) is 4.74 Å². The topological polar surface area (TPSA) is 141 Å². The van der Waals surface area contributed by atoms with E-state index in [9.17, 15) is 45.5 Å². The number of carbonyl (C=O) groups is 4. The minimum absolute atomic E-state index is 0.00146. The van der Waals surface area contributed by atoms with Gasteiger partial charge in [0.15, 0.2) is 0 Å². The van der Waals surface area contributed by atoms with E-state index in [0.717, 1.165) is 24.3 Å². The number of carbonyl (C=O) groups excluding carboxylic acids is 4. The molecule has 2 N–H and O–H groups in total. The van der Waals surface area contributed by atoms with Crippen LogP contribution in [-0.2, 0) is 39.7 Å². The lowest BCUT2D eigenvalue weighted by Crippen LogP contribution is -2.48. The molecule has 4 aromatic rings. The van der Waals surface area contributed by atoms with Crippen molar-refractivity contribution in [2.24, 2.45) is 0 Å². The van der Waals surface area contributed by atoms with E-state index in [1.54, 1.807) is 41.3 Å². The molecule has 0 saturated carbocycles. The van der Waals surface area contributed by atoms with Crippen molar-refractivity contribution in [1.29, 1.82) is 0 Å². The van der Waals surface area contributed by atoms with Crippen LogP contribution in [0.2, 0.25) is 0 Å². The Morgan fingerprint density at radius 3 is 1.37 bits per heavy atom. The number of morpholine rings is 2. The lowest BCUT2D eigenvalue weighted by molar-refractivity contribution is -0.138. The number of hydroxylamine groups is 1. The zero-order valence-electron chi connectivity index (χ0n) is 32.2. The second kappa shape index (κ2) is 20.2. The van der Waals surface area contributed by atoms with E-state index in [1.807, 2.05) is 0 Å². The zero-order chi connectivity index (χ0) is 43.5. The smallest absolute Gasteiger partial charge is 0.416 e. The van der Waals surface area contributed by atoms with E-state index in [0.29, 0.717) is 69.3 Å². The van der Waals surface area contributed by atoms with Crippen molar-refractivity contribution in [2.45, 2.75) is 25.4 Å². The molecule has 0 bridgehead atoms. The number of esters is 1. The highest BCUT2D eigenvalue weighted by Crippen LogP contribution is 2.34. The predicted molar refractivity (Wildman–Crippen MR) is 204 cm³/mol. The van der Waals surface area contributed by atoms with E-state index in [4.69, 9.17) is 14.7 Å². The van der Waals surface area contributed by atoms with E-state index in [1.165, 1.54) is 63.7 Å². The SMILES string of the molecule is COC(=O)c1ccc(CN(C(=O)N2CCOCC2)c2cccc(C(F)(F)F)c2)cc1.O=C(NO)c1ccc(CN(C(=O)N2CCOCC2)c2cccc(C(F)(F)F)c2)cc1. The van der Waals surface area contributed by atoms with Crippen molar-refractivity contribution in [3.8, 4) is 0 Å². The summed E-state index contributed by atoms with van der Waals surface area (Å²) in [6, 6.07) is 20.8. The number of nitrogens with one attached hydrogen (secondary N) is 1. The van der Waals surface area contributed by atoms with Gasteiger partial charge in [0.05, 0.1) is 63.3 Å². The van der Waals surface area contributed by atoms with Gasteiger partial charge in [-0.2, -0.15) is 26.3 Å². The molecule has 2 saturated heterocycles.